The summed E-state index contributed by atoms with van der Waals surface area (Å²) in [6.07, 6.45) is 0.908. The summed E-state index contributed by atoms with van der Waals surface area (Å²) in [5, 5.41) is 0. The van der Waals surface area contributed by atoms with Crippen molar-refractivity contribution in [2.75, 3.05) is 53.6 Å². The van der Waals surface area contributed by atoms with E-state index >= 15 is 0 Å². The van der Waals surface area contributed by atoms with Gasteiger partial charge in [-0.05, 0) is 48.0 Å². The maximum atomic E-state index is 5.40. The van der Waals surface area contributed by atoms with Gasteiger partial charge in [-0.25, -0.2) is 0 Å². The van der Waals surface area contributed by atoms with E-state index in [-0.39, 0.29) is 0 Å². The Morgan fingerprint density at radius 3 is 2.66 bits per heavy atom. The average Bonchev–Trinajstić information content (AvgIpc) is 2.77. The van der Waals surface area contributed by atoms with Crippen molar-refractivity contribution in [3.8, 4) is 17.6 Å². The second-order valence-corrected chi connectivity index (χ2v) is 7.94. The van der Waals surface area contributed by atoms with E-state index in [1.165, 1.54) is 16.7 Å². The van der Waals surface area contributed by atoms with Crippen LogP contribution in [0.2, 0.25) is 0 Å². The molecule has 0 bridgehead atoms. The van der Waals surface area contributed by atoms with Gasteiger partial charge in [0.1, 0.15) is 5.75 Å². The van der Waals surface area contributed by atoms with Crippen LogP contribution in [0.15, 0.2) is 42.5 Å². The van der Waals surface area contributed by atoms with Crippen LogP contribution in [0.5, 0.6) is 5.75 Å². The van der Waals surface area contributed by atoms with Gasteiger partial charge in [0.15, 0.2) is 0 Å². The number of hydrogen-bond donors (Lipinski definition) is 0. The SMILES string of the molecule is COc1ccc(C2CN(C)Cc3cc(C#CCCN4CCOCC4)ccc32)cc1. The molecule has 1 atom stereocenters. The third-order valence-electron chi connectivity index (χ3n) is 5.86. The van der Waals surface area contributed by atoms with Crippen LogP contribution in [-0.2, 0) is 11.3 Å². The van der Waals surface area contributed by atoms with Crippen LogP contribution in [-0.4, -0.2) is 63.4 Å². The summed E-state index contributed by atoms with van der Waals surface area (Å²) in [5.74, 6) is 8.03. The molecule has 1 fully saturated rings. The van der Waals surface area contributed by atoms with Crippen molar-refractivity contribution in [1.82, 2.24) is 9.80 Å². The Hall–Kier alpha value is -2.32. The summed E-state index contributed by atoms with van der Waals surface area (Å²) >= 11 is 0. The smallest absolute Gasteiger partial charge is 0.118 e. The van der Waals surface area contributed by atoms with Crippen molar-refractivity contribution in [3.63, 3.8) is 0 Å². The molecule has 1 saturated heterocycles. The van der Waals surface area contributed by atoms with Gasteiger partial charge < -0.3 is 14.4 Å². The van der Waals surface area contributed by atoms with Gasteiger partial charge in [-0.1, -0.05) is 30.0 Å². The van der Waals surface area contributed by atoms with Crippen LogP contribution in [0.25, 0.3) is 0 Å². The Kier molecular flexibility index (Phi) is 6.51. The van der Waals surface area contributed by atoms with Crippen molar-refractivity contribution in [2.45, 2.75) is 18.9 Å². The van der Waals surface area contributed by atoms with Crippen molar-refractivity contribution < 1.29 is 9.47 Å². The predicted molar refractivity (Wildman–Crippen MR) is 116 cm³/mol. The number of likely N-dealkylation sites (N-methyl/N-ethyl adjacent to an activating group) is 1. The van der Waals surface area contributed by atoms with Crippen molar-refractivity contribution >= 4 is 0 Å². The van der Waals surface area contributed by atoms with Gasteiger partial charge in [0, 0.05) is 50.6 Å². The number of hydrogen-bond acceptors (Lipinski definition) is 4. The summed E-state index contributed by atoms with van der Waals surface area (Å²) < 4.78 is 10.7. The van der Waals surface area contributed by atoms with E-state index in [0.717, 1.165) is 63.7 Å². The van der Waals surface area contributed by atoms with Crippen molar-refractivity contribution in [1.29, 1.82) is 0 Å². The summed E-state index contributed by atoms with van der Waals surface area (Å²) in [6, 6.07) is 15.2. The number of fused-ring (bicyclic) bond motifs is 1. The monoisotopic (exact) mass is 390 g/mol. The maximum absolute atomic E-state index is 5.40. The summed E-state index contributed by atoms with van der Waals surface area (Å²) in [7, 11) is 3.91. The number of benzene rings is 2. The second-order valence-electron chi connectivity index (χ2n) is 7.94. The van der Waals surface area contributed by atoms with Crippen molar-refractivity contribution in [3.05, 3.63) is 64.7 Å². The lowest BCUT2D eigenvalue weighted by Crippen LogP contribution is -2.36. The molecule has 0 spiro atoms. The normalized spacial score (nSPS) is 19.9. The highest BCUT2D eigenvalue weighted by Gasteiger charge is 2.24. The third-order valence-corrected chi connectivity index (χ3v) is 5.86. The standard InChI is InChI=1S/C25H30N2O2/c1-26-18-22-17-20(5-3-4-12-27-13-15-29-16-14-27)6-11-24(22)25(19-26)21-7-9-23(28-2)10-8-21/h6-11,17,25H,4,12-16,18-19H2,1-2H3. The van der Waals surface area contributed by atoms with E-state index in [4.69, 9.17) is 9.47 Å². The molecule has 0 amide bonds. The van der Waals surface area contributed by atoms with Gasteiger partial charge in [-0.3, -0.25) is 4.90 Å². The van der Waals surface area contributed by atoms with Crippen LogP contribution in [0.1, 0.15) is 34.6 Å². The molecule has 0 radical (unpaired) electrons. The first-order valence-electron chi connectivity index (χ1n) is 10.5. The molecule has 0 N–H and O–H groups in total. The van der Waals surface area contributed by atoms with E-state index in [9.17, 15) is 0 Å². The Labute approximate surface area is 174 Å². The molecule has 2 aliphatic heterocycles. The number of rotatable bonds is 4. The predicted octanol–water partition coefficient (Wildman–Crippen LogP) is 3.35. The fraction of sp³-hybridized carbons (Fsp3) is 0.440. The summed E-state index contributed by atoms with van der Waals surface area (Å²) in [6.45, 7) is 6.79. The van der Waals surface area contributed by atoms with Crippen LogP contribution in [0.3, 0.4) is 0 Å². The highest BCUT2D eigenvalue weighted by atomic mass is 16.5. The highest BCUT2D eigenvalue weighted by Crippen LogP contribution is 2.34. The van der Waals surface area contributed by atoms with Crippen LogP contribution < -0.4 is 4.74 Å². The van der Waals surface area contributed by atoms with Crippen LogP contribution in [0, 0.1) is 11.8 Å². The quantitative estimate of drug-likeness (QED) is 0.748. The molecule has 2 aromatic rings. The number of nitrogens with zero attached hydrogens (tertiary/aromatic N) is 2. The van der Waals surface area contributed by atoms with Gasteiger partial charge in [0.25, 0.3) is 0 Å². The lowest BCUT2D eigenvalue weighted by Gasteiger charge is -2.32. The van der Waals surface area contributed by atoms with E-state index in [1.807, 2.05) is 0 Å². The minimum atomic E-state index is 0.387. The average molecular weight is 391 g/mol. The van der Waals surface area contributed by atoms with Gasteiger partial charge >= 0.3 is 0 Å². The molecule has 29 heavy (non-hydrogen) atoms. The van der Waals surface area contributed by atoms with Crippen LogP contribution >= 0.6 is 0 Å². The molecule has 0 saturated carbocycles. The zero-order valence-corrected chi connectivity index (χ0v) is 17.5. The minimum Gasteiger partial charge on any atom is -0.497 e. The lowest BCUT2D eigenvalue weighted by molar-refractivity contribution is 0.0390. The molecule has 0 aliphatic carbocycles. The molecule has 152 valence electrons. The first kappa shape index (κ1) is 20.0. The first-order chi connectivity index (χ1) is 14.2. The molecule has 0 aromatic heterocycles. The van der Waals surface area contributed by atoms with Crippen LogP contribution in [0.4, 0.5) is 0 Å². The molecule has 1 unspecified atom stereocenters. The summed E-state index contributed by atoms with van der Waals surface area (Å²) in [5.41, 5.74) is 5.27. The molecule has 2 aliphatic rings. The Balaban J connectivity index is 1.47. The molecule has 4 heteroatoms. The number of morpholine rings is 1. The van der Waals surface area contributed by atoms with Gasteiger partial charge in [0.2, 0.25) is 0 Å². The van der Waals surface area contributed by atoms with Gasteiger partial charge in [-0.15, -0.1) is 0 Å². The Morgan fingerprint density at radius 1 is 1.10 bits per heavy atom. The highest BCUT2D eigenvalue weighted by molar-refractivity contribution is 5.47. The first-order valence-corrected chi connectivity index (χ1v) is 10.5. The molecule has 2 aromatic carbocycles. The second kappa shape index (κ2) is 9.45. The van der Waals surface area contributed by atoms with E-state index in [0.29, 0.717) is 5.92 Å². The van der Waals surface area contributed by atoms with Crippen molar-refractivity contribution in [2.24, 2.45) is 0 Å². The van der Waals surface area contributed by atoms with Gasteiger partial charge in [-0.2, -0.15) is 0 Å². The molecular formula is C25H30N2O2. The molecular weight excluding hydrogens is 360 g/mol. The number of ether oxygens (including phenoxy) is 2. The van der Waals surface area contributed by atoms with E-state index in [2.05, 4.69) is 71.2 Å². The summed E-state index contributed by atoms with van der Waals surface area (Å²) in [4.78, 5) is 4.83. The number of methoxy groups -OCH3 is 1. The Morgan fingerprint density at radius 2 is 1.90 bits per heavy atom. The zero-order valence-electron chi connectivity index (χ0n) is 17.5. The minimum absolute atomic E-state index is 0.387. The molecule has 4 nitrogen and oxygen atoms in total. The molecule has 4 rings (SSSR count). The third kappa shape index (κ3) is 5.00. The largest absolute Gasteiger partial charge is 0.497 e. The van der Waals surface area contributed by atoms with Gasteiger partial charge in [0.05, 0.1) is 20.3 Å². The molecule has 2 heterocycles. The fourth-order valence-electron chi connectivity index (χ4n) is 4.25. The topological polar surface area (TPSA) is 24.9 Å². The zero-order chi connectivity index (χ0) is 20.1. The maximum Gasteiger partial charge on any atom is 0.118 e. The van der Waals surface area contributed by atoms with E-state index in [1.54, 1.807) is 7.11 Å². The lowest BCUT2D eigenvalue weighted by atomic mass is 9.84. The fourth-order valence-corrected chi connectivity index (χ4v) is 4.25. The Bertz CT molecular complexity index is 876. The van der Waals surface area contributed by atoms with E-state index < -0.39 is 0 Å².